The summed E-state index contributed by atoms with van der Waals surface area (Å²) in [6, 6.07) is 0. The average Bonchev–Trinajstić information content (AvgIpc) is 2.34. The summed E-state index contributed by atoms with van der Waals surface area (Å²) in [4.78, 5) is 14.2. The van der Waals surface area contributed by atoms with Crippen LogP contribution in [0.2, 0.25) is 0 Å². The predicted octanol–water partition coefficient (Wildman–Crippen LogP) is 2.72. The average molecular weight is 318 g/mol. The third-order valence-corrected chi connectivity index (χ3v) is 3.06. The standard InChI is InChI=1S/C11H16BrN3O3/c12-9-7-13-8-10(15(17)18)11(9)14-5-3-1-2-4-6-16/h7-8,16H,1-6H2,(H,13,14). The van der Waals surface area contributed by atoms with Gasteiger partial charge >= 0.3 is 5.69 Å². The fourth-order valence-corrected chi connectivity index (χ4v) is 2.00. The van der Waals surface area contributed by atoms with Crippen LogP contribution < -0.4 is 5.32 Å². The first-order valence-corrected chi connectivity index (χ1v) is 6.58. The van der Waals surface area contributed by atoms with Crippen molar-refractivity contribution >= 4 is 27.3 Å². The molecule has 0 unspecified atom stereocenters. The van der Waals surface area contributed by atoms with Crippen molar-refractivity contribution in [1.82, 2.24) is 4.98 Å². The number of halogens is 1. The number of nitrogens with one attached hydrogen (secondary N) is 1. The van der Waals surface area contributed by atoms with Gasteiger partial charge in [-0.2, -0.15) is 0 Å². The van der Waals surface area contributed by atoms with Gasteiger partial charge in [-0.15, -0.1) is 0 Å². The molecule has 0 spiro atoms. The lowest BCUT2D eigenvalue weighted by atomic mass is 10.2. The van der Waals surface area contributed by atoms with E-state index < -0.39 is 4.92 Å². The number of aliphatic hydroxyl groups is 1. The lowest BCUT2D eigenvalue weighted by Crippen LogP contribution is -2.05. The lowest BCUT2D eigenvalue weighted by molar-refractivity contribution is -0.384. The van der Waals surface area contributed by atoms with E-state index in [4.69, 9.17) is 5.11 Å². The van der Waals surface area contributed by atoms with Gasteiger partial charge in [0.15, 0.2) is 0 Å². The molecule has 6 nitrogen and oxygen atoms in total. The molecule has 0 aliphatic heterocycles. The molecule has 0 aliphatic carbocycles. The van der Waals surface area contributed by atoms with Crippen LogP contribution in [-0.2, 0) is 0 Å². The molecule has 0 aliphatic rings. The second-order valence-corrected chi connectivity index (χ2v) is 4.69. The molecule has 0 bridgehead atoms. The number of anilines is 1. The highest BCUT2D eigenvalue weighted by Gasteiger charge is 2.16. The van der Waals surface area contributed by atoms with E-state index >= 15 is 0 Å². The topological polar surface area (TPSA) is 88.3 Å². The van der Waals surface area contributed by atoms with Crippen LogP contribution in [-0.4, -0.2) is 28.2 Å². The largest absolute Gasteiger partial charge is 0.396 e. The van der Waals surface area contributed by atoms with E-state index in [1.54, 1.807) is 0 Å². The number of aliphatic hydroxyl groups excluding tert-OH is 1. The van der Waals surface area contributed by atoms with Crippen LogP contribution >= 0.6 is 15.9 Å². The van der Waals surface area contributed by atoms with Crippen molar-refractivity contribution in [3.05, 3.63) is 27.0 Å². The minimum absolute atomic E-state index is 0.0280. The van der Waals surface area contributed by atoms with Crippen LogP contribution in [0.5, 0.6) is 0 Å². The van der Waals surface area contributed by atoms with Crippen LogP contribution in [0.25, 0.3) is 0 Å². The Balaban J connectivity index is 2.48. The van der Waals surface area contributed by atoms with Crippen molar-refractivity contribution in [2.45, 2.75) is 25.7 Å². The predicted molar refractivity (Wildman–Crippen MR) is 72.6 cm³/mol. The number of nitro groups is 1. The number of aromatic nitrogens is 1. The van der Waals surface area contributed by atoms with E-state index in [0.717, 1.165) is 25.7 Å². The van der Waals surface area contributed by atoms with Crippen LogP contribution in [0.3, 0.4) is 0 Å². The third-order valence-electron chi connectivity index (χ3n) is 2.46. The van der Waals surface area contributed by atoms with Crippen molar-refractivity contribution in [2.75, 3.05) is 18.5 Å². The first kappa shape index (κ1) is 14.8. The van der Waals surface area contributed by atoms with Crippen LogP contribution in [0.4, 0.5) is 11.4 Å². The Bertz CT molecular complexity index is 401. The Morgan fingerprint density at radius 3 is 2.72 bits per heavy atom. The van der Waals surface area contributed by atoms with E-state index in [0.29, 0.717) is 16.7 Å². The van der Waals surface area contributed by atoms with Crippen molar-refractivity contribution in [2.24, 2.45) is 0 Å². The Labute approximate surface area is 114 Å². The molecule has 0 saturated heterocycles. The van der Waals surface area contributed by atoms with Crippen LogP contribution in [0, 0.1) is 10.1 Å². The lowest BCUT2D eigenvalue weighted by Gasteiger charge is -2.08. The molecule has 1 aromatic rings. The molecule has 100 valence electrons. The zero-order valence-corrected chi connectivity index (χ0v) is 11.5. The molecule has 0 amide bonds. The van der Waals surface area contributed by atoms with Gasteiger partial charge in [-0.1, -0.05) is 12.8 Å². The van der Waals surface area contributed by atoms with Crippen molar-refractivity contribution in [3.63, 3.8) is 0 Å². The molecule has 1 aromatic heterocycles. The number of nitrogens with zero attached hydrogens (tertiary/aromatic N) is 2. The third kappa shape index (κ3) is 4.58. The van der Waals surface area contributed by atoms with Crippen molar-refractivity contribution in [1.29, 1.82) is 0 Å². The molecular formula is C11H16BrN3O3. The highest BCUT2D eigenvalue weighted by molar-refractivity contribution is 9.10. The van der Waals surface area contributed by atoms with E-state index in [-0.39, 0.29) is 12.3 Å². The summed E-state index contributed by atoms with van der Waals surface area (Å²) in [5.41, 5.74) is 0.442. The van der Waals surface area contributed by atoms with Gasteiger partial charge in [0.25, 0.3) is 0 Å². The summed E-state index contributed by atoms with van der Waals surface area (Å²) in [7, 11) is 0. The number of unbranched alkanes of at least 4 members (excludes halogenated alkanes) is 3. The summed E-state index contributed by atoms with van der Waals surface area (Å²) in [5, 5.41) is 22.5. The number of pyridine rings is 1. The van der Waals surface area contributed by atoms with E-state index in [2.05, 4.69) is 26.2 Å². The number of rotatable bonds is 8. The Hall–Kier alpha value is -1.21. The molecule has 7 heteroatoms. The molecule has 1 rings (SSSR count). The molecule has 0 atom stereocenters. The summed E-state index contributed by atoms with van der Waals surface area (Å²) >= 11 is 3.25. The second kappa shape index (κ2) is 7.99. The van der Waals surface area contributed by atoms with E-state index in [1.807, 2.05) is 0 Å². The summed E-state index contributed by atoms with van der Waals surface area (Å²) in [5.74, 6) is 0. The maximum Gasteiger partial charge on any atom is 0.311 e. The second-order valence-electron chi connectivity index (χ2n) is 3.84. The molecule has 0 saturated carbocycles. The minimum atomic E-state index is -0.453. The monoisotopic (exact) mass is 317 g/mol. The zero-order valence-electron chi connectivity index (χ0n) is 9.93. The van der Waals surface area contributed by atoms with Gasteiger partial charge in [-0.05, 0) is 28.8 Å². The Morgan fingerprint density at radius 2 is 2.06 bits per heavy atom. The van der Waals surface area contributed by atoms with Gasteiger partial charge in [0.05, 0.1) is 9.40 Å². The van der Waals surface area contributed by atoms with E-state index in [1.165, 1.54) is 12.4 Å². The van der Waals surface area contributed by atoms with Crippen molar-refractivity contribution in [3.8, 4) is 0 Å². The maximum atomic E-state index is 10.8. The van der Waals surface area contributed by atoms with Gasteiger partial charge in [0, 0.05) is 19.3 Å². The normalized spacial score (nSPS) is 10.3. The molecule has 2 N–H and O–H groups in total. The highest BCUT2D eigenvalue weighted by Crippen LogP contribution is 2.30. The van der Waals surface area contributed by atoms with Gasteiger partial charge in [0.2, 0.25) is 0 Å². The van der Waals surface area contributed by atoms with Crippen LogP contribution in [0.1, 0.15) is 25.7 Å². The minimum Gasteiger partial charge on any atom is -0.396 e. The first-order chi connectivity index (χ1) is 8.66. The summed E-state index contributed by atoms with van der Waals surface area (Å²) in [6.07, 6.45) is 6.44. The molecule has 18 heavy (non-hydrogen) atoms. The van der Waals surface area contributed by atoms with Gasteiger partial charge in [0.1, 0.15) is 11.9 Å². The zero-order chi connectivity index (χ0) is 13.4. The Kier molecular flexibility index (Phi) is 6.59. The molecule has 0 aromatic carbocycles. The van der Waals surface area contributed by atoms with Crippen LogP contribution in [0.15, 0.2) is 16.9 Å². The maximum absolute atomic E-state index is 10.8. The molecular weight excluding hydrogens is 302 g/mol. The van der Waals surface area contributed by atoms with Gasteiger partial charge in [-0.25, -0.2) is 0 Å². The SMILES string of the molecule is O=[N+]([O-])c1cncc(Br)c1NCCCCCCO. The molecule has 1 heterocycles. The molecule has 0 fully saturated rings. The fraction of sp³-hybridized carbons (Fsp3) is 0.545. The first-order valence-electron chi connectivity index (χ1n) is 5.79. The smallest absolute Gasteiger partial charge is 0.311 e. The van der Waals surface area contributed by atoms with E-state index in [9.17, 15) is 10.1 Å². The number of hydrogen-bond donors (Lipinski definition) is 2. The molecule has 0 radical (unpaired) electrons. The fourth-order valence-electron chi connectivity index (χ4n) is 1.54. The summed E-state index contributed by atoms with van der Waals surface area (Å²) in [6.45, 7) is 0.879. The van der Waals surface area contributed by atoms with Crippen molar-refractivity contribution < 1.29 is 10.0 Å². The number of hydrogen-bond acceptors (Lipinski definition) is 5. The quantitative estimate of drug-likeness (QED) is 0.437. The van der Waals surface area contributed by atoms with Gasteiger partial charge < -0.3 is 10.4 Å². The summed E-state index contributed by atoms with van der Waals surface area (Å²) < 4.78 is 0.590. The highest BCUT2D eigenvalue weighted by atomic mass is 79.9. The Morgan fingerprint density at radius 1 is 1.33 bits per heavy atom. The van der Waals surface area contributed by atoms with Gasteiger partial charge in [-0.3, -0.25) is 15.1 Å².